The molecule has 0 fully saturated rings. The molecule has 1 rings (SSSR count). The minimum atomic E-state index is -0.0557. The van der Waals surface area contributed by atoms with Crippen LogP contribution in [0.2, 0.25) is 5.02 Å². The molecule has 0 spiro atoms. The lowest BCUT2D eigenvalue weighted by Crippen LogP contribution is -1.95. The molecule has 0 unspecified atom stereocenters. The van der Waals surface area contributed by atoms with Crippen molar-refractivity contribution in [2.45, 2.75) is 0 Å². The van der Waals surface area contributed by atoms with Crippen LogP contribution in [0.5, 0.6) is 5.75 Å². The van der Waals surface area contributed by atoms with Gasteiger partial charge in [0.25, 0.3) is 0 Å². The number of benzene rings is 1. The highest BCUT2D eigenvalue weighted by Crippen LogP contribution is 2.43. The number of methoxy groups -OCH3 is 1. The van der Waals surface area contributed by atoms with E-state index in [9.17, 15) is 0 Å². The van der Waals surface area contributed by atoms with Crippen molar-refractivity contribution >= 4 is 49.1 Å². The van der Waals surface area contributed by atoms with Crippen molar-refractivity contribution in [3.63, 3.8) is 0 Å². The molecule has 0 saturated heterocycles. The van der Waals surface area contributed by atoms with E-state index in [1.807, 2.05) is 0 Å². The van der Waals surface area contributed by atoms with E-state index in [0.717, 1.165) is 0 Å². The lowest BCUT2D eigenvalue weighted by atomic mass is 10.3. The molecule has 92 valence electrons. The Hall–Kier alpha value is -1.21. The van der Waals surface area contributed by atoms with Crippen LogP contribution in [0.25, 0.3) is 0 Å². The SMILES string of the molecule is COc1c(Br)cc(Cl)c(NC=C(C#N)C#N)c1Br. The van der Waals surface area contributed by atoms with Gasteiger partial charge in [0.1, 0.15) is 23.5 Å². The van der Waals surface area contributed by atoms with E-state index in [1.54, 1.807) is 18.2 Å². The Kier molecular flexibility index (Phi) is 5.49. The monoisotopic (exact) mass is 389 g/mol. The van der Waals surface area contributed by atoms with Gasteiger partial charge in [0.15, 0.2) is 0 Å². The number of nitrogens with zero attached hydrogens (tertiary/aromatic N) is 2. The normalized spacial score (nSPS) is 9.00. The minimum absolute atomic E-state index is 0.0557. The third kappa shape index (κ3) is 3.17. The maximum atomic E-state index is 8.63. The summed E-state index contributed by atoms with van der Waals surface area (Å²) in [5.41, 5.74) is 0.458. The first-order valence-electron chi connectivity index (χ1n) is 4.53. The van der Waals surface area contributed by atoms with Gasteiger partial charge in [0.05, 0.1) is 26.8 Å². The summed E-state index contributed by atoms with van der Waals surface area (Å²) in [7, 11) is 1.52. The predicted molar refractivity (Wildman–Crippen MR) is 76.3 cm³/mol. The molecular formula is C11H6Br2ClN3O. The van der Waals surface area contributed by atoms with Crippen LogP contribution in [0.4, 0.5) is 5.69 Å². The summed E-state index contributed by atoms with van der Waals surface area (Å²) in [5, 5.41) is 20.5. The second kappa shape index (κ2) is 6.65. The molecule has 0 radical (unpaired) electrons. The molecule has 4 nitrogen and oxygen atoms in total. The lowest BCUT2D eigenvalue weighted by molar-refractivity contribution is 0.410. The van der Waals surface area contributed by atoms with Crippen LogP contribution in [0.15, 0.2) is 26.8 Å². The molecular weight excluding hydrogens is 385 g/mol. The quantitative estimate of drug-likeness (QED) is 0.784. The van der Waals surface area contributed by atoms with Crippen molar-refractivity contribution in [2.24, 2.45) is 0 Å². The van der Waals surface area contributed by atoms with Gasteiger partial charge < -0.3 is 10.1 Å². The van der Waals surface area contributed by atoms with E-state index >= 15 is 0 Å². The summed E-state index contributed by atoms with van der Waals surface area (Å²) in [5.74, 6) is 0.561. The smallest absolute Gasteiger partial charge is 0.149 e. The number of anilines is 1. The molecule has 0 aliphatic carbocycles. The third-order valence-corrected chi connectivity index (χ3v) is 3.58. The van der Waals surface area contributed by atoms with Gasteiger partial charge in [0, 0.05) is 6.20 Å². The first-order valence-corrected chi connectivity index (χ1v) is 6.50. The van der Waals surface area contributed by atoms with Crippen molar-refractivity contribution in [2.75, 3.05) is 12.4 Å². The van der Waals surface area contributed by atoms with Crippen LogP contribution in [-0.4, -0.2) is 7.11 Å². The molecule has 0 aliphatic heterocycles. The number of halogens is 3. The van der Waals surface area contributed by atoms with Crippen LogP contribution in [0.3, 0.4) is 0 Å². The van der Waals surface area contributed by atoms with Crippen molar-refractivity contribution in [1.29, 1.82) is 10.5 Å². The standard InChI is InChI=1S/C11H6Br2ClN3O/c1-18-11-7(12)2-8(14)10(9(11)13)17-5-6(3-15)4-16/h2,5,17H,1H3. The molecule has 0 heterocycles. The summed E-state index contributed by atoms with van der Waals surface area (Å²) < 4.78 is 6.47. The highest BCUT2D eigenvalue weighted by molar-refractivity contribution is 9.11. The van der Waals surface area contributed by atoms with Crippen LogP contribution >= 0.6 is 43.5 Å². The second-order valence-electron chi connectivity index (χ2n) is 2.99. The number of rotatable bonds is 3. The first-order chi connectivity index (χ1) is 8.54. The lowest BCUT2D eigenvalue weighted by Gasteiger charge is -2.12. The van der Waals surface area contributed by atoms with Crippen molar-refractivity contribution < 1.29 is 4.74 Å². The summed E-state index contributed by atoms with van der Waals surface area (Å²) >= 11 is 12.7. The fraction of sp³-hybridized carbons (Fsp3) is 0.0909. The highest BCUT2D eigenvalue weighted by atomic mass is 79.9. The number of ether oxygens (including phenoxy) is 1. The zero-order valence-electron chi connectivity index (χ0n) is 9.09. The van der Waals surface area contributed by atoms with Gasteiger partial charge >= 0.3 is 0 Å². The molecule has 1 aromatic carbocycles. The topological polar surface area (TPSA) is 68.8 Å². The average Bonchev–Trinajstić information content (AvgIpc) is 2.34. The molecule has 0 amide bonds. The van der Waals surface area contributed by atoms with Crippen LogP contribution in [0, 0.1) is 22.7 Å². The molecule has 0 aromatic heterocycles. The largest absolute Gasteiger partial charge is 0.494 e. The van der Waals surface area contributed by atoms with Gasteiger partial charge in [-0.3, -0.25) is 0 Å². The zero-order chi connectivity index (χ0) is 13.7. The summed E-state index contributed by atoms with van der Waals surface area (Å²) in [6.07, 6.45) is 1.28. The molecule has 1 N–H and O–H groups in total. The Bertz CT molecular complexity index is 571. The molecule has 7 heteroatoms. The number of allylic oxidation sites excluding steroid dienone is 1. The van der Waals surface area contributed by atoms with Gasteiger partial charge in [-0.25, -0.2) is 0 Å². The molecule has 1 aromatic rings. The Morgan fingerprint density at radius 2 is 2.06 bits per heavy atom. The minimum Gasteiger partial charge on any atom is -0.494 e. The number of nitriles is 2. The van der Waals surface area contributed by atoms with E-state index in [4.69, 9.17) is 26.9 Å². The maximum Gasteiger partial charge on any atom is 0.149 e. The Labute approximate surface area is 126 Å². The summed E-state index contributed by atoms with van der Waals surface area (Å²) in [4.78, 5) is 0. The van der Waals surface area contributed by atoms with Gasteiger partial charge in [-0.2, -0.15) is 10.5 Å². The predicted octanol–water partition coefficient (Wildman–Crippen LogP) is 4.22. The van der Waals surface area contributed by atoms with E-state index < -0.39 is 0 Å². The molecule has 0 bridgehead atoms. The highest BCUT2D eigenvalue weighted by Gasteiger charge is 2.14. The molecule has 0 atom stereocenters. The molecule has 0 saturated carbocycles. The van der Waals surface area contributed by atoms with Crippen LogP contribution in [-0.2, 0) is 0 Å². The van der Waals surface area contributed by atoms with Gasteiger partial charge in [-0.05, 0) is 37.9 Å². The van der Waals surface area contributed by atoms with E-state index in [1.165, 1.54) is 13.3 Å². The Balaban J connectivity index is 3.23. The first kappa shape index (κ1) is 14.8. The van der Waals surface area contributed by atoms with E-state index in [-0.39, 0.29) is 5.57 Å². The third-order valence-electron chi connectivity index (χ3n) is 1.93. The average molecular weight is 391 g/mol. The van der Waals surface area contributed by atoms with Gasteiger partial charge in [-0.1, -0.05) is 11.6 Å². The van der Waals surface area contributed by atoms with Gasteiger partial charge in [-0.15, -0.1) is 0 Å². The van der Waals surface area contributed by atoms with Crippen molar-refractivity contribution in [3.8, 4) is 17.9 Å². The second-order valence-corrected chi connectivity index (χ2v) is 5.04. The maximum absolute atomic E-state index is 8.63. The molecule has 0 aliphatic rings. The van der Waals surface area contributed by atoms with Crippen molar-refractivity contribution in [3.05, 3.63) is 31.8 Å². The van der Waals surface area contributed by atoms with Crippen LogP contribution < -0.4 is 10.1 Å². The fourth-order valence-corrected chi connectivity index (χ4v) is 3.19. The zero-order valence-corrected chi connectivity index (χ0v) is 13.0. The molecule has 18 heavy (non-hydrogen) atoms. The summed E-state index contributed by atoms with van der Waals surface area (Å²) in [6.45, 7) is 0. The summed E-state index contributed by atoms with van der Waals surface area (Å²) in [6, 6.07) is 5.13. The fourth-order valence-electron chi connectivity index (χ4n) is 1.13. The van der Waals surface area contributed by atoms with Gasteiger partial charge in [0.2, 0.25) is 0 Å². The Morgan fingerprint density at radius 1 is 1.44 bits per heavy atom. The number of hydrogen-bond acceptors (Lipinski definition) is 4. The Morgan fingerprint density at radius 3 is 2.56 bits per heavy atom. The van der Waals surface area contributed by atoms with Crippen molar-refractivity contribution in [1.82, 2.24) is 0 Å². The van der Waals surface area contributed by atoms with E-state index in [0.29, 0.717) is 25.4 Å². The van der Waals surface area contributed by atoms with Crippen LogP contribution in [0.1, 0.15) is 0 Å². The van der Waals surface area contributed by atoms with E-state index in [2.05, 4.69) is 37.2 Å². The number of hydrogen-bond donors (Lipinski definition) is 1. The number of nitrogens with one attached hydrogen (secondary N) is 1.